The Balaban J connectivity index is 2.66. The highest BCUT2D eigenvalue weighted by Crippen LogP contribution is 2.19. The zero-order valence-corrected chi connectivity index (χ0v) is 8.92. The molecule has 2 unspecified atom stereocenters. The first-order chi connectivity index (χ1) is 5.97. The Morgan fingerprint density at radius 2 is 2.15 bits per heavy atom. The van der Waals surface area contributed by atoms with E-state index in [1.54, 1.807) is 6.92 Å². The molecule has 0 amide bonds. The summed E-state index contributed by atoms with van der Waals surface area (Å²) in [5.41, 5.74) is 0. The largest absolute Gasteiger partial charge is 0.391 e. The van der Waals surface area contributed by atoms with Gasteiger partial charge in [0.1, 0.15) is 0 Å². The second-order valence-electron chi connectivity index (χ2n) is 3.59. The molecule has 1 aliphatic heterocycles. The predicted octanol–water partition coefficient (Wildman–Crippen LogP) is 0.0388. The number of piperidine rings is 1. The van der Waals surface area contributed by atoms with E-state index in [1.807, 2.05) is 6.92 Å². The molecule has 0 spiro atoms. The van der Waals surface area contributed by atoms with Gasteiger partial charge in [-0.25, -0.2) is 8.42 Å². The van der Waals surface area contributed by atoms with E-state index in [4.69, 9.17) is 0 Å². The number of nitrogens with zero attached hydrogens (tertiary/aromatic N) is 1. The molecule has 0 aliphatic carbocycles. The Morgan fingerprint density at radius 1 is 1.54 bits per heavy atom. The van der Waals surface area contributed by atoms with E-state index in [0.29, 0.717) is 6.54 Å². The Hall–Kier alpha value is -0.130. The van der Waals surface area contributed by atoms with Gasteiger partial charge in [-0.2, -0.15) is 4.31 Å². The van der Waals surface area contributed by atoms with Crippen LogP contribution in [0.4, 0.5) is 0 Å². The number of aliphatic hydroxyl groups excluding tert-OH is 1. The third-order valence-electron chi connectivity index (χ3n) is 2.64. The van der Waals surface area contributed by atoms with Crippen molar-refractivity contribution in [3.63, 3.8) is 0 Å². The molecule has 1 aliphatic rings. The van der Waals surface area contributed by atoms with Crippen LogP contribution < -0.4 is 0 Å². The molecule has 0 saturated carbocycles. The van der Waals surface area contributed by atoms with Crippen molar-refractivity contribution in [3.05, 3.63) is 0 Å². The minimum Gasteiger partial charge on any atom is -0.391 e. The van der Waals surface area contributed by atoms with Gasteiger partial charge < -0.3 is 5.11 Å². The van der Waals surface area contributed by atoms with Crippen LogP contribution >= 0.6 is 0 Å². The van der Waals surface area contributed by atoms with Crippen molar-refractivity contribution in [1.29, 1.82) is 0 Å². The summed E-state index contributed by atoms with van der Waals surface area (Å²) in [5, 5.41) is 9.50. The Morgan fingerprint density at radius 3 is 2.62 bits per heavy atom. The number of rotatable bonds is 2. The zero-order chi connectivity index (χ0) is 10.1. The van der Waals surface area contributed by atoms with Crippen LogP contribution in [0, 0.1) is 5.92 Å². The van der Waals surface area contributed by atoms with E-state index in [-0.39, 0.29) is 18.2 Å². The molecule has 78 valence electrons. The summed E-state index contributed by atoms with van der Waals surface area (Å²) in [6, 6.07) is 0. The van der Waals surface area contributed by atoms with Gasteiger partial charge in [0.05, 0.1) is 11.9 Å². The molecule has 5 heteroatoms. The van der Waals surface area contributed by atoms with Gasteiger partial charge in [-0.3, -0.25) is 0 Å². The fourth-order valence-electron chi connectivity index (χ4n) is 1.46. The van der Waals surface area contributed by atoms with Crippen LogP contribution in [0.2, 0.25) is 0 Å². The fourth-order valence-corrected chi connectivity index (χ4v) is 2.58. The van der Waals surface area contributed by atoms with Crippen LogP contribution in [-0.4, -0.2) is 42.8 Å². The lowest BCUT2D eigenvalue weighted by Gasteiger charge is -2.33. The lowest BCUT2D eigenvalue weighted by Crippen LogP contribution is -2.46. The molecule has 0 aromatic heterocycles. The van der Waals surface area contributed by atoms with Gasteiger partial charge in [0.2, 0.25) is 10.0 Å². The standard InChI is InChI=1S/C8H17NO3S/c1-3-13(11,12)9-5-4-7(2)8(10)6-9/h7-8,10H,3-6H2,1-2H3. The first kappa shape index (κ1) is 10.9. The molecule has 0 aromatic rings. The molecule has 0 bridgehead atoms. The predicted molar refractivity (Wildman–Crippen MR) is 50.8 cm³/mol. The highest BCUT2D eigenvalue weighted by atomic mass is 32.2. The van der Waals surface area contributed by atoms with Crippen molar-refractivity contribution in [3.8, 4) is 0 Å². The van der Waals surface area contributed by atoms with Crippen LogP contribution in [0.5, 0.6) is 0 Å². The van der Waals surface area contributed by atoms with E-state index >= 15 is 0 Å². The zero-order valence-electron chi connectivity index (χ0n) is 8.10. The molecule has 1 N–H and O–H groups in total. The van der Waals surface area contributed by atoms with Gasteiger partial charge in [0.25, 0.3) is 0 Å². The van der Waals surface area contributed by atoms with Crippen LogP contribution in [-0.2, 0) is 10.0 Å². The number of β-amino-alcohol motifs (C(OH)–C–C–N with tert-alkyl or cyclic N) is 1. The SMILES string of the molecule is CCS(=O)(=O)N1CCC(C)C(O)C1. The van der Waals surface area contributed by atoms with Gasteiger partial charge >= 0.3 is 0 Å². The molecule has 4 nitrogen and oxygen atoms in total. The van der Waals surface area contributed by atoms with E-state index < -0.39 is 16.1 Å². The van der Waals surface area contributed by atoms with Crippen LogP contribution in [0.15, 0.2) is 0 Å². The van der Waals surface area contributed by atoms with E-state index in [1.165, 1.54) is 4.31 Å². The lowest BCUT2D eigenvalue weighted by molar-refractivity contribution is 0.0606. The number of hydrogen-bond acceptors (Lipinski definition) is 3. The van der Waals surface area contributed by atoms with Crippen LogP contribution in [0.1, 0.15) is 20.3 Å². The molecule has 2 atom stereocenters. The van der Waals surface area contributed by atoms with Crippen molar-refractivity contribution in [1.82, 2.24) is 4.31 Å². The molecular weight excluding hydrogens is 190 g/mol. The molecule has 1 fully saturated rings. The van der Waals surface area contributed by atoms with E-state index in [0.717, 1.165) is 6.42 Å². The molecule has 0 radical (unpaired) electrons. The van der Waals surface area contributed by atoms with Crippen molar-refractivity contribution in [2.24, 2.45) is 5.92 Å². The van der Waals surface area contributed by atoms with E-state index in [2.05, 4.69) is 0 Å². The van der Waals surface area contributed by atoms with Crippen molar-refractivity contribution < 1.29 is 13.5 Å². The topological polar surface area (TPSA) is 57.6 Å². The molecule has 1 rings (SSSR count). The molecule has 0 aromatic carbocycles. The summed E-state index contributed by atoms with van der Waals surface area (Å²) in [6.45, 7) is 4.38. The highest BCUT2D eigenvalue weighted by Gasteiger charge is 2.30. The molecule has 13 heavy (non-hydrogen) atoms. The first-order valence-corrected chi connectivity index (χ1v) is 6.24. The molecule has 1 saturated heterocycles. The van der Waals surface area contributed by atoms with Crippen molar-refractivity contribution >= 4 is 10.0 Å². The summed E-state index contributed by atoms with van der Waals surface area (Å²) in [5.74, 6) is 0.331. The maximum Gasteiger partial charge on any atom is 0.213 e. The van der Waals surface area contributed by atoms with Gasteiger partial charge in [-0.05, 0) is 19.3 Å². The quantitative estimate of drug-likeness (QED) is 0.695. The van der Waals surface area contributed by atoms with Crippen LogP contribution in [0.25, 0.3) is 0 Å². The number of hydrogen-bond donors (Lipinski definition) is 1. The Bertz CT molecular complexity index is 263. The Kier molecular flexibility index (Phi) is 3.32. The van der Waals surface area contributed by atoms with Gasteiger partial charge in [0.15, 0.2) is 0 Å². The average Bonchev–Trinajstić information content (AvgIpc) is 2.09. The van der Waals surface area contributed by atoms with Crippen molar-refractivity contribution in [2.45, 2.75) is 26.4 Å². The van der Waals surface area contributed by atoms with Crippen molar-refractivity contribution in [2.75, 3.05) is 18.8 Å². The smallest absolute Gasteiger partial charge is 0.213 e. The summed E-state index contributed by atoms with van der Waals surface area (Å²) < 4.78 is 24.2. The van der Waals surface area contributed by atoms with E-state index in [9.17, 15) is 13.5 Å². The van der Waals surface area contributed by atoms with Crippen LogP contribution in [0.3, 0.4) is 0 Å². The third-order valence-corrected chi connectivity index (χ3v) is 4.49. The monoisotopic (exact) mass is 207 g/mol. The van der Waals surface area contributed by atoms with Gasteiger partial charge in [-0.15, -0.1) is 0 Å². The first-order valence-electron chi connectivity index (χ1n) is 4.63. The second kappa shape index (κ2) is 3.94. The summed E-state index contributed by atoms with van der Waals surface area (Å²) in [7, 11) is -3.10. The average molecular weight is 207 g/mol. The third kappa shape index (κ3) is 2.42. The highest BCUT2D eigenvalue weighted by molar-refractivity contribution is 7.89. The maximum atomic E-state index is 11.4. The molecule has 1 heterocycles. The number of sulfonamides is 1. The lowest BCUT2D eigenvalue weighted by atomic mass is 9.98. The number of aliphatic hydroxyl groups is 1. The summed E-state index contributed by atoms with van der Waals surface area (Å²) in [6.07, 6.45) is 0.246. The normalized spacial score (nSPS) is 31.9. The fraction of sp³-hybridized carbons (Fsp3) is 1.00. The van der Waals surface area contributed by atoms with Gasteiger partial charge in [0, 0.05) is 13.1 Å². The summed E-state index contributed by atoms with van der Waals surface area (Å²) in [4.78, 5) is 0. The minimum atomic E-state index is -3.10. The summed E-state index contributed by atoms with van der Waals surface area (Å²) >= 11 is 0. The Labute approximate surface area is 79.6 Å². The molecular formula is C8H17NO3S. The maximum absolute atomic E-state index is 11.4. The second-order valence-corrected chi connectivity index (χ2v) is 5.85. The minimum absolute atomic E-state index is 0.119. The van der Waals surface area contributed by atoms with Gasteiger partial charge in [-0.1, -0.05) is 6.92 Å².